The lowest BCUT2D eigenvalue weighted by atomic mass is 10.1. The molecule has 5 heteroatoms. The summed E-state index contributed by atoms with van der Waals surface area (Å²) in [7, 11) is 0. The molecule has 0 spiro atoms. The summed E-state index contributed by atoms with van der Waals surface area (Å²) >= 11 is 3.63. The van der Waals surface area contributed by atoms with Gasteiger partial charge in [-0.3, -0.25) is 4.99 Å². The van der Waals surface area contributed by atoms with Crippen molar-refractivity contribution in [3.63, 3.8) is 0 Å². The van der Waals surface area contributed by atoms with E-state index in [1.54, 1.807) is 11.3 Å². The van der Waals surface area contributed by atoms with Gasteiger partial charge in [-0.2, -0.15) is 0 Å². The molecule has 0 aromatic carbocycles. The zero-order valence-electron chi connectivity index (χ0n) is 12.4. The van der Waals surface area contributed by atoms with Crippen molar-refractivity contribution in [3.8, 4) is 0 Å². The van der Waals surface area contributed by atoms with Gasteiger partial charge in [-0.1, -0.05) is 25.6 Å². The topological polar surface area (TPSA) is 37.3 Å². The zero-order chi connectivity index (χ0) is 14.0. The van der Waals surface area contributed by atoms with Crippen LogP contribution in [0.25, 0.3) is 0 Å². The summed E-state index contributed by atoms with van der Waals surface area (Å²) in [5, 5.41) is 5.78. The number of aryl methyl sites for hydroxylation is 2. The highest BCUT2D eigenvalue weighted by atomic mass is 32.2. The van der Waals surface area contributed by atoms with Gasteiger partial charge in [0.05, 0.1) is 22.8 Å². The molecule has 1 aliphatic heterocycles. The van der Waals surface area contributed by atoms with Crippen LogP contribution >= 0.6 is 23.1 Å². The van der Waals surface area contributed by atoms with Crippen LogP contribution in [0.4, 0.5) is 0 Å². The Morgan fingerprint density at radius 2 is 2.05 bits per heavy atom. The lowest BCUT2D eigenvalue weighted by Gasteiger charge is -2.13. The van der Waals surface area contributed by atoms with E-state index >= 15 is 0 Å². The second-order valence-electron chi connectivity index (χ2n) is 5.58. The van der Waals surface area contributed by atoms with E-state index in [2.05, 4.69) is 44.9 Å². The van der Waals surface area contributed by atoms with Crippen LogP contribution in [-0.4, -0.2) is 21.9 Å². The van der Waals surface area contributed by atoms with Crippen molar-refractivity contribution in [1.29, 1.82) is 0 Å². The summed E-state index contributed by atoms with van der Waals surface area (Å²) in [6, 6.07) is 0.791. The quantitative estimate of drug-likeness (QED) is 0.915. The second kappa shape index (κ2) is 6.27. The van der Waals surface area contributed by atoms with E-state index in [1.807, 2.05) is 11.8 Å². The SMILES string of the molecule is Cc1nc(C)c(C(C)NC2=NC(CC(C)C)CS2)s1. The Hall–Kier alpha value is -0.550. The maximum atomic E-state index is 4.78. The standard InChI is InChI=1S/C14H23N3S2/c1-8(2)6-12-7-18-14(17-12)16-10(4)13-9(3)15-11(5)19-13/h8,10,12H,6-7H2,1-5H3,(H,16,17). The minimum absolute atomic E-state index is 0.301. The summed E-state index contributed by atoms with van der Waals surface area (Å²) in [6.45, 7) is 10.9. The third-order valence-electron chi connectivity index (χ3n) is 3.13. The predicted octanol–water partition coefficient (Wildman–Crippen LogP) is 3.93. The molecule has 0 saturated heterocycles. The van der Waals surface area contributed by atoms with Crippen molar-refractivity contribution in [3.05, 3.63) is 15.6 Å². The number of aromatic nitrogens is 1. The molecular formula is C14H23N3S2. The third kappa shape index (κ3) is 3.96. The number of nitrogens with zero attached hydrogens (tertiary/aromatic N) is 2. The van der Waals surface area contributed by atoms with E-state index in [0.717, 1.165) is 27.5 Å². The maximum Gasteiger partial charge on any atom is 0.157 e. The van der Waals surface area contributed by atoms with Crippen molar-refractivity contribution < 1.29 is 0 Å². The van der Waals surface area contributed by atoms with Gasteiger partial charge in [0.25, 0.3) is 0 Å². The Labute approximate surface area is 124 Å². The van der Waals surface area contributed by atoms with Gasteiger partial charge in [-0.15, -0.1) is 11.3 Å². The Morgan fingerprint density at radius 3 is 2.63 bits per heavy atom. The molecule has 1 N–H and O–H groups in total. The summed E-state index contributed by atoms with van der Waals surface area (Å²) in [6.07, 6.45) is 1.19. The average molecular weight is 297 g/mol. The van der Waals surface area contributed by atoms with Crippen LogP contribution in [0, 0.1) is 19.8 Å². The van der Waals surface area contributed by atoms with Crippen molar-refractivity contribution in [2.45, 2.75) is 53.1 Å². The highest BCUT2D eigenvalue weighted by Gasteiger charge is 2.21. The van der Waals surface area contributed by atoms with E-state index in [4.69, 9.17) is 4.99 Å². The van der Waals surface area contributed by atoms with Crippen LogP contribution in [0.3, 0.4) is 0 Å². The summed E-state index contributed by atoms with van der Waals surface area (Å²) in [5.41, 5.74) is 1.14. The Morgan fingerprint density at radius 1 is 1.32 bits per heavy atom. The molecule has 2 heterocycles. The molecule has 1 aliphatic rings. The maximum absolute atomic E-state index is 4.78. The van der Waals surface area contributed by atoms with Gasteiger partial charge in [-0.25, -0.2) is 4.98 Å². The van der Waals surface area contributed by atoms with Gasteiger partial charge in [0.15, 0.2) is 5.17 Å². The van der Waals surface area contributed by atoms with Crippen LogP contribution in [0.15, 0.2) is 4.99 Å². The minimum Gasteiger partial charge on any atom is -0.358 e. The monoisotopic (exact) mass is 297 g/mol. The van der Waals surface area contributed by atoms with Crippen molar-refractivity contribution in [2.75, 3.05) is 5.75 Å². The summed E-state index contributed by atoms with van der Waals surface area (Å²) < 4.78 is 0. The summed E-state index contributed by atoms with van der Waals surface area (Å²) in [5.74, 6) is 1.84. The number of hydrogen-bond acceptors (Lipinski definition) is 5. The fourth-order valence-corrected chi connectivity index (χ4v) is 4.33. The van der Waals surface area contributed by atoms with Crippen LogP contribution in [-0.2, 0) is 0 Å². The minimum atomic E-state index is 0.301. The van der Waals surface area contributed by atoms with Crippen molar-refractivity contribution >= 4 is 28.3 Å². The van der Waals surface area contributed by atoms with Crippen LogP contribution in [0.5, 0.6) is 0 Å². The van der Waals surface area contributed by atoms with Crippen LogP contribution < -0.4 is 5.32 Å². The average Bonchev–Trinajstić information content (AvgIpc) is 2.84. The van der Waals surface area contributed by atoms with Gasteiger partial charge in [0, 0.05) is 10.6 Å². The van der Waals surface area contributed by atoms with E-state index in [9.17, 15) is 0 Å². The molecule has 0 aliphatic carbocycles. The molecular weight excluding hydrogens is 274 g/mol. The number of thioether (sulfide) groups is 1. The molecule has 0 saturated carbocycles. The van der Waals surface area contributed by atoms with E-state index in [1.165, 1.54) is 11.3 Å². The summed E-state index contributed by atoms with van der Waals surface area (Å²) in [4.78, 5) is 10.6. The third-order valence-corrected chi connectivity index (χ3v) is 5.43. The van der Waals surface area contributed by atoms with Gasteiger partial charge >= 0.3 is 0 Å². The first kappa shape index (κ1) is 14.9. The number of aliphatic imine (C=N–C) groups is 1. The van der Waals surface area contributed by atoms with Crippen molar-refractivity contribution in [2.24, 2.45) is 10.9 Å². The van der Waals surface area contributed by atoms with Crippen LogP contribution in [0.2, 0.25) is 0 Å². The molecule has 2 atom stereocenters. The largest absolute Gasteiger partial charge is 0.358 e. The van der Waals surface area contributed by atoms with Gasteiger partial charge < -0.3 is 5.32 Å². The van der Waals surface area contributed by atoms with Gasteiger partial charge in [-0.05, 0) is 33.1 Å². The first-order chi connectivity index (χ1) is 8.95. The van der Waals surface area contributed by atoms with Gasteiger partial charge in [0.2, 0.25) is 0 Å². The molecule has 3 nitrogen and oxygen atoms in total. The molecule has 106 valence electrons. The number of rotatable bonds is 4. The predicted molar refractivity (Wildman–Crippen MR) is 86.3 cm³/mol. The number of hydrogen-bond donors (Lipinski definition) is 1. The first-order valence-electron chi connectivity index (χ1n) is 6.86. The normalized spacial score (nSPS) is 20.7. The Bertz CT molecular complexity index is 465. The molecule has 2 rings (SSSR count). The van der Waals surface area contributed by atoms with E-state index in [0.29, 0.717) is 12.1 Å². The van der Waals surface area contributed by atoms with E-state index in [-0.39, 0.29) is 0 Å². The second-order valence-corrected chi connectivity index (χ2v) is 7.82. The number of nitrogens with one attached hydrogen (secondary N) is 1. The lowest BCUT2D eigenvalue weighted by molar-refractivity contribution is 0.528. The fraction of sp³-hybridized carbons (Fsp3) is 0.714. The molecule has 0 bridgehead atoms. The molecule has 1 aromatic heterocycles. The molecule has 0 radical (unpaired) electrons. The Kier molecular flexibility index (Phi) is 4.90. The molecule has 1 aromatic rings. The molecule has 19 heavy (non-hydrogen) atoms. The molecule has 0 amide bonds. The number of thiazole rings is 1. The zero-order valence-corrected chi connectivity index (χ0v) is 14.0. The molecule has 0 fully saturated rings. The highest BCUT2D eigenvalue weighted by Crippen LogP contribution is 2.27. The fourth-order valence-electron chi connectivity index (χ4n) is 2.36. The Balaban J connectivity index is 1.96. The van der Waals surface area contributed by atoms with E-state index < -0.39 is 0 Å². The highest BCUT2D eigenvalue weighted by molar-refractivity contribution is 8.14. The first-order valence-corrected chi connectivity index (χ1v) is 8.67. The van der Waals surface area contributed by atoms with Crippen molar-refractivity contribution in [1.82, 2.24) is 10.3 Å². The molecule has 2 unspecified atom stereocenters. The lowest BCUT2D eigenvalue weighted by Crippen LogP contribution is -2.22. The smallest absolute Gasteiger partial charge is 0.157 e. The number of amidine groups is 1. The van der Waals surface area contributed by atoms with Crippen LogP contribution in [0.1, 0.15) is 48.8 Å². The van der Waals surface area contributed by atoms with Gasteiger partial charge in [0.1, 0.15) is 0 Å².